The van der Waals surface area contributed by atoms with Crippen molar-refractivity contribution in [1.82, 2.24) is 20.5 Å². The predicted octanol–water partition coefficient (Wildman–Crippen LogP) is 2.69. The number of amides is 1. The molecule has 3 rings (SSSR count). The molecule has 1 aromatic carbocycles. The average molecular weight is 298 g/mol. The molecule has 0 fully saturated rings. The minimum Gasteiger partial charge on any atom is -0.338 e. The summed E-state index contributed by atoms with van der Waals surface area (Å²) in [7, 11) is 0. The Morgan fingerprint density at radius 1 is 1.29 bits per heavy atom. The van der Waals surface area contributed by atoms with Gasteiger partial charge >= 0.3 is 0 Å². The van der Waals surface area contributed by atoms with E-state index >= 15 is 0 Å². The molecule has 6 heteroatoms. The summed E-state index contributed by atoms with van der Waals surface area (Å²) in [5.41, 5.74) is 1.59. The Hall–Kier alpha value is -2.47. The van der Waals surface area contributed by atoms with Crippen LogP contribution in [0.4, 0.5) is 0 Å². The zero-order valence-corrected chi connectivity index (χ0v) is 12.2. The van der Waals surface area contributed by atoms with Crippen molar-refractivity contribution in [3.05, 3.63) is 69.9 Å². The molecule has 0 bridgehead atoms. The molecule has 2 aromatic heterocycles. The van der Waals surface area contributed by atoms with Gasteiger partial charge in [0.25, 0.3) is 5.91 Å². The quantitative estimate of drug-likeness (QED) is 0.778. The number of aryl methyl sites for hydroxylation is 1. The van der Waals surface area contributed by atoms with E-state index < -0.39 is 0 Å². The molecule has 106 valence electrons. The normalized spacial score (nSPS) is 12.0. The number of aromatic nitrogens is 3. The summed E-state index contributed by atoms with van der Waals surface area (Å²) in [4.78, 5) is 16.6. The third-order valence-electron chi connectivity index (χ3n) is 3.06. The molecule has 2 heterocycles. The number of carbonyl (C=O) groups is 1. The summed E-state index contributed by atoms with van der Waals surface area (Å²) in [6, 6.07) is 11.1. The van der Waals surface area contributed by atoms with E-state index in [1.54, 1.807) is 6.07 Å². The van der Waals surface area contributed by atoms with Gasteiger partial charge in [0.15, 0.2) is 5.82 Å². The largest absolute Gasteiger partial charge is 0.338 e. The lowest BCUT2D eigenvalue weighted by atomic mass is 10.1. The number of hydrogen-bond donors (Lipinski definition) is 2. The van der Waals surface area contributed by atoms with Crippen molar-refractivity contribution in [3.63, 3.8) is 0 Å². The van der Waals surface area contributed by atoms with Crippen molar-refractivity contribution >= 4 is 17.2 Å². The van der Waals surface area contributed by atoms with Crippen LogP contribution in [0, 0.1) is 6.92 Å². The summed E-state index contributed by atoms with van der Waals surface area (Å²) in [5, 5.41) is 13.7. The van der Waals surface area contributed by atoms with Gasteiger partial charge < -0.3 is 5.32 Å². The lowest BCUT2D eigenvalue weighted by Crippen LogP contribution is -2.29. The van der Waals surface area contributed by atoms with Gasteiger partial charge in [-0.15, -0.1) is 0 Å². The topological polar surface area (TPSA) is 70.7 Å². The van der Waals surface area contributed by atoms with E-state index in [4.69, 9.17) is 0 Å². The minimum atomic E-state index is -0.372. The first-order valence-electron chi connectivity index (χ1n) is 6.51. The van der Waals surface area contributed by atoms with Crippen molar-refractivity contribution in [2.24, 2.45) is 0 Å². The number of thiophene rings is 1. The van der Waals surface area contributed by atoms with Crippen LogP contribution < -0.4 is 5.32 Å². The molecule has 3 aromatic rings. The number of carbonyl (C=O) groups excluding carboxylic acids is 1. The lowest BCUT2D eigenvalue weighted by molar-refractivity contribution is 0.0942. The monoisotopic (exact) mass is 298 g/mol. The molecule has 2 N–H and O–H groups in total. The van der Waals surface area contributed by atoms with Gasteiger partial charge in [-0.05, 0) is 23.9 Å². The molecule has 21 heavy (non-hydrogen) atoms. The molecule has 0 saturated heterocycles. The van der Waals surface area contributed by atoms with Crippen LogP contribution >= 0.6 is 11.3 Å². The second-order valence-corrected chi connectivity index (χ2v) is 5.39. The maximum atomic E-state index is 12.3. The Labute approximate surface area is 126 Å². The van der Waals surface area contributed by atoms with Gasteiger partial charge in [0.1, 0.15) is 11.9 Å². The first-order valence-corrected chi connectivity index (χ1v) is 7.45. The van der Waals surface area contributed by atoms with Gasteiger partial charge in [0.05, 0.1) is 5.56 Å². The summed E-state index contributed by atoms with van der Waals surface area (Å²) in [6.07, 6.45) is 0. The minimum absolute atomic E-state index is 0.132. The zero-order valence-electron chi connectivity index (χ0n) is 11.4. The first-order chi connectivity index (χ1) is 10.2. The molecule has 0 radical (unpaired) electrons. The Bertz CT molecular complexity index is 721. The van der Waals surface area contributed by atoms with E-state index in [0.717, 1.165) is 11.4 Å². The van der Waals surface area contributed by atoms with Gasteiger partial charge in [0.2, 0.25) is 0 Å². The van der Waals surface area contributed by atoms with Crippen LogP contribution in [0.25, 0.3) is 0 Å². The molecule has 0 aliphatic heterocycles. The molecule has 0 aliphatic carbocycles. The van der Waals surface area contributed by atoms with E-state index in [1.807, 2.05) is 48.0 Å². The first kappa shape index (κ1) is 13.5. The maximum Gasteiger partial charge on any atom is 0.252 e. The molecule has 5 nitrogen and oxygen atoms in total. The maximum absolute atomic E-state index is 12.3. The van der Waals surface area contributed by atoms with E-state index in [-0.39, 0.29) is 11.9 Å². The Morgan fingerprint density at radius 2 is 2.10 bits per heavy atom. The summed E-state index contributed by atoms with van der Waals surface area (Å²) in [6.45, 7) is 1.83. The fourth-order valence-corrected chi connectivity index (χ4v) is 2.68. The number of H-pyrrole nitrogens is 1. The van der Waals surface area contributed by atoms with Crippen molar-refractivity contribution in [1.29, 1.82) is 0 Å². The predicted molar refractivity (Wildman–Crippen MR) is 81.2 cm³/mol. The third-order valence-corrected chi connectivity index (χ3v) is 3.75. The highest BCUT2D eigenvalue weighted by Crippen LogP contribution is 2.19. The number of benzene rings is 1. The molecule has 0 saturated carbocycles. The Morgan fingerprint density at radius 3 is 2.71 bits per heavy atom. The van der Waals surface area contributed by atoms with Crippen molar-refractivity contribution < 1.29 is 4.79 Å². The molecule has 0 unspecified atom stereocenters. The number of nitrogens with zero attached hydrogens (tertiary/aromatic N) is 2. The Balaban J connectivity index is 1.91. The van der Waals surface area contributed by atoms with Gasteiger partial charge in [-0.3, -0.25) is 9.89 Å². The molecular weight excluding hydrogens is 284 g/mol. The average Bonchev–Trinajstić information content (AvgIpc) is 3.17. The molecule has 0 aliphatic rings. The van der Waals surface area contributed by atoms with Crippen LogP contribution in [0.5, 0.6) is 0 Å². The van der Waals surface area contributed by atoms with Crippen LogP contribution in [0.1, 0.15) is 33.6 Å². The third kappa shape index (κ3) is 3.00. The molecular formula is C15H14N4OS. The number of rotatable bonds is 4. The fourth-order valence-electron chi connectivity index (χ4n) is 2.04. The smallest absolute Gasteiger partial charge is 0.252 e. The molecule has 1 atom stereocenters. The van der Waals surface area contributed by atoms with Crippen molar-refractivity contribution in [2.75, 3.05) is 0 Å². The lowest BCUT2D eigenvalue weighted by Gasteiger charge is -2.15. The van der Waals surface area contributed by atoms with E-state index in [1.165, 1.54) is 11.3 Å². The van der Waals surface area contributed by atoms with Gasteiger partial charge in [-0.1, -0.05) is 30.3 Å². The zero-order chi connectivity index (χ0) is 14.7. The van der Waals surface area contributed by atoms with Crippen LogP contribution in [0.3, 0.4) is 0 Å². The summed E-state index contributed by atoms with van der Waals surface area (Å²) < 4.78 is 0. The highest BCUT2D eigenvalue weighted by molar-refractivity contribution is 7.08. The van der Waals surface area contributed by atoms with Crippen molar-refractivity contribution in [2.45, 2.75) is 13.0 Å². The van der Waals surface area contributed by atoms with Gasteiger partial charge in [-0.25, -0.2) is 4.98 Å². The molecule has 0 spiro atoms. The second kappa shape index (κ2) is 5.88. The standard InChI is InChI=1S/C15H14N4OS/c1-10-16-14(19-18-10)13(11-5-3-2-4-6-11)17-15(20)12-7-8-21-9-12/h2-9,13H,1H3,(H,17,20)(H,16,18,19)/t13-/m1/s1. The highest BCUT2D eigenvalue weighted by atomic mass is 32.1. The van der Waals surface area contributed by atoms with Gasteiger partial charge in [0, 0.05) is 5.38 Å². The van der Waals surface area contributed by atoms with Crippen LogP contribution in [0.15, 0.2) is 47.2 Å². The molecule has 1 amide bonds. The van der Waals surface area contributed by atoms with E-state index in [2.05, 4.69) is 20.5 Å². The van der Waals surface area contributed by atoms with E-state index in [9.17, 15) is 4.79 Å². The Kier molecular flexibility index (Phi) is 3.79. The van der Waals surface area contributed by atoms with E-state index in [0.29, 0.717) is 11.4 Å². The number of nitrogens with one attached hydrogen (secondary N) is 2. The highest BCUT2D eigenvalue weighted by Gasteiger charge is 2.21. The van der Waals surface area contributed by atoms with Gasteiger partial charge in [-0.2, -0.15) is 16.4 Å². The summed E-state index contributed by atoms with van der Waals surface area (Å²) >= 11 is 1.49. The summed E-state index contributed by atoms with van der Waals surface area (Å²) in [5.74, 6) is 1.14. The van der Waals surface area contributed by atoms with Crippen LogP contribution in [0.2, 0.25) is 0 Å². The fraction of sp³-hybridized carbons (Fsp3) is 0.133. The second-order valence-electron chi connectivity index (χ2n) is 4.61. The number of hydrogen-bond acceptors (Lipinski definition) is 4. The SMILES string of the molecule is Cc1nc([C@H](NC(=O)c2ccsc2)c2ccccc2)n[nH]1. The van der Waals surface area contributed by atoms with Crippen molar-refractivity contribution in [3.8, 4) is 0 Å². The van der Waals surface area contributed by atoms with Crippen LogP contribution in [-0.2, 0) is 0 Å². The van der Waals surface area contributed by atoms with Crippen LogP contribution in [-0.4, -0.2) is 21.1 Å². The number of aromatic amines is 1.